The molecule has 0 unspecified atom stereocenters. The molecule has 0 aromatic rings. The third-order valence-corrected chi connectivity index (χ3v) is 0. The third kappa shape index (κ3) is 0. The molecule has 0 heterocycles. The molecule has 0 aromatic carbocycles. The molecule has 0 aliphatic heterocycles. The predicted molar refractivity (Wildman–Crippen MR) is 65.6 cm³/mol. The molecule has 0 amide bonds. The Morgan fingerprint density at radius 2 is 0.636 bits per heavy atom. The van der Waals surface area contributed by atoms with E-state index in [0.717, 1.165) is 0 Å². The lowest BCUT2D eigenvalue weighted by atomic mass is 10.6. The van der Waals surface area contributed by atoms with Gasteiger partial charge in [0.25, 0.3) is 0 Å². The molecule has 80 valence electrons. The minimum Gasteiger partial charge on any atom is -0.0776 e. The normalized spacial score (nSPS) is 3.82. The van der Waals surface area contributed by atoms with E-state index in [0.29, 0.717) is 0 Å². The minimum atomic E-state index is 0. The predicted octanol–water partition coefficient (Wildman–Crippen LogP) is 6.01. The van der Waals surface area contributed by atoms with Gasteiger partial charge in [0.15, 0.2) is 0 Å². The summed E-state index contributed by atoms with van der Waals surface area (Å²) in [5.41, 5.74) is 0. The molecule has 0 rings (SSSR count). The second-order valence-corrected chi connectivity index (χ2v) is 1.41. The van der Waals surface area contributed by atoms with E-state index in [1.807, 2.05) is 13.8 Å². The molecule has 0 bridgehead atoms. The first-order chi connectivity index (χ1) is 3.83. The Morgan fingerprint density at radius 1 is 0.636 bits per heavy atom. The fourth-order valence-corrected chi connectivity index (χ4v) is 0. The van der Waals surface area contributed by atoms with Gasteiger partial charge in [-0.2, -0.15) is 0 Å². The standard InChI is InChI=1S/2C3H8.C2H6.3CH4.H2/c2*1-3-2;1-2;;;;/h2*3H2,1-2H3;1-2H3;3*1H4;1H/i;;;;;;1+1. The van der Waals surface area contributed by atoms with E-state index >= 15 is 0 Å². The summed E-state index contributed by atoms with van der Waals surface area (Å²) >= 11 is 0. The molecule has 0 saturated carbocycles. The summed E-state index contributed by atoms with van der Waals surface area (Å²) in [5.74, 6) is 0. The highest BCUT2D eigenvalue weighted by molar-refractivity contribution is 3.92. The van der Waals surface area contributed by atoms with Gasteiger partial charge in [0.05, 0.1) is 0 Å². The van der Waals surface area contributed by atoms with E-state index in [4.69, 9.17) is 0 Å². The monoisotopic (exact) mass is 169 g/mol. The summed E-state index contributed by atoms with van der Waals surface area (Å²) < 4.78 is 0. The Morgan fingerprint density at radius 3 is 0.636 bits per heavy atom. The van der Waals surface area contributed by atoms with Crippen LogP contribution in [0.15, 0.2) is 0 Å². The molecular formula is C11H36. The van der Waals surface area contributed by atoms with Gasteiger partial charge in [0.1, 0.15) is 0 Å². The van der Waals surface area contributed by atoms with Crippen LogP contribution in [0.5, 0.6) is 0 Å². The van der Waals surface area contributed by atoms with Gasteiger partial charge in [-0.15, -0.1) is 0 Å². The van der Waals surface area contributed by atoms with Crippen molar-refractivity contribution in [3.8, 4) is 0 Å². The summed E-state index contributed by atoms with van der Waals surface area (Å²) in [6.07, 6.45) is 2.50. The van der Waals surface area contributed by atoms with Gasteiger partial charge in [0, 0.05) is 1.43 Å². The molecule has 0 aromatic heterocycles. The fraction of sp³-hybridized carbons (Fsp3) is 1.00. The summed E-state index contributed by atoms with van der Waals surface area (Å²) in [7, 11) is 0. The zero-order valence-corrected chi connectivity index (χ0v) is 7.41. The maximum absolute atomic E-state index is 2.12. The Labute approximate surface area is 78.9 Å². The Hall–Kier alpha value is 0. The summed E-state index contributed by atoms with van der Waals surface area (Å²) in [6.45, 7) is 12.5. The molecule has 0 spiro atoms. The van der Waals surface area contributed by atoms with Crippen LogP contribution < -0.4 is 0 Å². The van der Waals surface area contributed by atoms with Crippen LogP contribution in [0.4, 0.5) is 0 Å². The van der Waals surface area contributed by atoms with Crippen LogP contribution in [0.1, 0.15) is 78.1 Å². The van der Waals surface area contributed by atoms with Crippen molar-refractivity contribution in [2.45, 2.75) is 76.7 Å². The van der Waals surface area contributed by atoms with E-state index in [2.05, 4.69) is 27.7 Å². The van der Waals surface area contributed by atoms with Crippen LogP contribution in [0.25, 0.3) is 0 Å². The maximum atomic E-state index is 2.12. The van der Waals surface area contributed by atoms with Gasteiger partial charge >= 0.3 is 0 Å². The smallest absolute Gasteiger partial charge is 0 e. The van der Waals surface area contributed by atoms with Crippen molar-refractivity contribution in [3.63, 3.8) is 0 Å². The molecule has 0 fully saturated rings. The van der Waals surface area contributed by atoms with E-state index < -0.39 is 0 Å². The summed E-state index contributed by atoms with van der Waals surface area (Å²) in [6, 6.07) is 0. The second-order valence-electron chi connectivity index (χ2n) is 1.41. The zero-order valence-electron chi connectivity index (χ0n) is 7.41. The molecular weight excluding hydrogens is 132 g/mol. The van der Waals surface area contributed by atoms with Crippen molar-refractivity contribution < 1.29 is 1.43 Å². The Bertz CT molecular complexity index is 6.97. The van der Waals surface area contributed by atoms with Crippen LogP contribution >= 0.6 is 0 Å². The van der Waals surface area contributed by atoms with Crippen molar-refractivity contribution in [3.05, 3.63) is 0 Å². The molecule has 0 atom stereocenters. The first-order valence-corrected chi connectivity index (χ1v) is 3.83. The highest BCUT2D eigenvalue weighted by atomic mass is 13.4. The van der Waals surface area contributed by atoms with E-state index in [-0.39, 0.29) is 23.7 Å². The lowest BCUT2D eigenvalue weighted by molar-refractivity contribution is 1.09. The largest absolute Gasteiger partial charge is 0.0776 e. The van der Waals surface area contributed by atoms with Crippen LogP contribution in [0.2, 0.25) is 0 Å². The molecule has 0 N–H and O–H groups in total. The highest BCUT2D eigenvalue weighted by Crippen LogP contribution is 1.56. The number of hydrogen-bond acceptors (Lipinski definition) is 0. The lowest BCUT2D eigenvalue weighted by Gasteiger charge is -1.48. The van der Waals surface area contributed by atoms with Crippen LogP contribution in [0, 0.1) is 0 Å². The van der Waals surface area contributed by atoms with Crippen molar-refractivity contribution in [2.24, 2.45) is 0 Å². The molecule has 0 aliphatic carbocycles. The molecule has 0 aliphatic rings. The molecule has 11 heavy (non-hydrogen) atoms. The van der Waals surface area contributed by atoms with Crippen molar-refractivity contribution in [1.29, 1.82) is 0 Å². The molecule has 0 nitrogen and oxygen atoms in total. The molecule has 0 radical (unpaired) electrons. The van der Waals surface area contributed by atoms with Gasteiger partial charge < -0.3 is 0 Å². The van der Waals surface area contributed by atoms with Crippen molar-refractivity contribution >= 4 is 0 Å². The van der Waals surface area contributed by atoms with Gasteiger partial charge in [-0.1, -0.05) is 76.7 Å². The highest BCUT2D eigenvalue weighted by Gasteiger charge is 1.36. The minimum absolute atomic E-state index is 0. The average Bonchev–Trinajstić information content (AvgIpc) is 1.75. The third-order valence-electron chi connectivity index (χ3n) is 0. The quantitative estimate of drug-likeness (QED) is 0.416. The number of rotatable bonds is 0. The van der Waals surface area contributed by atoms with E-state index in [9.17, 15) is 0 Å². The van der Waals surface area contributed by atoms with Gasteiger partial charge in [0.2, 0.25) is 0 Å². The lowest BCUT2D eigenvalue weighted by Crippen LogP contribution is -1.27. The first kappa shape index (κ1) is 44.0. The molecule has 0 heteroatoms. The van der Waals surface area contributed by atoms with Crippen molar-refractivity contribution in [1.82, 2.24) is 0 Å². The maximum Gasteiger partial charge on any atom is 0 e. The van der Waals surface area contributed by atoms with Crippen LogP contribution in [-0.2, 0) is 0 Å². The number of hydrogen-bond donors (Lipinski definition) is 0. The Balaban J connectivity index is -0.00000000544. The van der Waals surface area contributed by atoms with Crippen LogP contribution in [0.3, 0.4) is 0 Å². The van der Waals surface area contributed by atoms with Crippen LogP contribution in [-0.4, -0.2) is 0 Å². The topological polar surface area (TPSA) is 0 Å². The van der Waals surface area contributed by atoms with Gasteiger partial charge in [-0.05, 0) is 0 Å². The Kier molecular flexibility index (Phi) is 810. The SMILES string of the molecule is C.C.C.CC.CCC.CCC.[2HH]. The second kappa shape index (κ2) is 202. The fourth-order valence-electron chi connectivity index (χ4n) is 0. The first-order valence-electron chi connectivity index (χ1n) is 3.83. The van der Waals surface area contributed by atoms with Gasteiger partial charge in [-0.3, -0.25) is 0 Å². The zero-order chi connectivity index (χ0) is 7.41. The van der Waals surface area contributed by atoms with E-state index in [1.54, 1.807) is 0 Å². The van der Waals surface area contributed by atoms with Gasteiger partial charge in [-0.25, -0.2) is 0 Å². The molecule has 0 saturated heterocycles. The van der Waals surface area contributed by atoms with Crippen molar-refractivity contribution in [2.75, 3.05) is 0 Å². The average molecular weight is 169 g/mol. The van der Waals surface area contributed by atoms with E-state index in [1.165, 1.54) is 12.8 Å². The summed E-state index contributed by atoms with van der Waals surface area (Å²) in [4.78, 5) is 0. The summed E-state index contributed by atoms with van der Waals surface area (Å²) in [5, 5.41) is 0.